The summed E-state index contributed by atoms with van der Waals surface area (Å²) >= 11 is 0. The van der Waals surface area contributed by atoms with Crippen LogP contribution in [-0.4, -0.2) is 96.1 Å². The van der Waals surface area contributed by atoms with Crippen LogP contribution in [0.2, 0.25) is 0 Å². The van der Waals surface area contributed by atoms with Crippen molar-refractivity contribution >= 4 is 90.3 Å². The van der Waals surface area contributed by atoms with E-state index in [0.717, 1.165) is 0 Å². The second kappa shape index (κ2) is 19.9. The molecule has 0 atom stereocenters. The van der Waals surface area contributed by atoms with Gasteiger partial charge in [-0.3, -0.25) is 5.32 Å². The molecule has 5 rings (SSSR count). The van der Waals surface area contributed by atoms with Crippen molar-refractivity contribution in [1.82, 2.24) is 14.5 Å². The number of anilines is 2. The minimum absolute atomic E-state index is 0. The molecule has 0 spiro atoms. The number of carbonyl (C=O) groups is 2. The van der Waals surface area contributed by atoms with E-state index in [4.69, 9.17) is 35.7 Å². The molecule has 0 bridgehead atoms. The molecule has 244 valence electrons. The number of imidazole rings is 1. The molecule has 8 radical (unpaired) electrons. The molecule has 3 aromatic carbocycles. The van der Waals surface area contributed by atoms with E-state index in [1.54, 1.807) is 17.9 Å². The van der Waals surface area contributed by atoms with E-state index in [0.29, 0.717) is 54.9 Å². The van der Waals surface area contributed by atoms with Gasteiger partial charge in [-0.05, 0) is 80.4 Å². The molecule has 0 unspecified atom stereocenters. The lowest BCUT2D eigenvalue weighted by atomic mass is 8.81. The van der Waals surface area contributed by atoms with Crippen LogP contribution >= 0.6 is 0 Å². The van der Waals surface area contributed by atoms with E-state index >= 15 is 0 Å². The quantitative estimate of drug-likeness (QED) is 0.173. The molecule has 4 aromatic rings. The fourth-order valence-electron chi connectivity index (χ4n) is 4.42. The molecule has 0 saturated carbocycles. The number of piperidine rings is 1. The summed E-state index contributed by atoms with van der Waals surface area (Å²) in [6.45, 7) is 3.06. The lowest BCUT2D eigenvalue weighted by Crippen LogP contribution is -2.39. The van der Waals surface area contributed by atoms with Gasteiger partial charge in [0.15, 0.2) is 0 Å². The van der Waals surface area contributed by atoms with Crippen LogP contribution in [0.4, 0.5) is 40.1 Å². The molecular formula is C30H31B6F3N6O4. The number of isocyanates is 1. The van der Waals surface area contributed by atoms with Gasteiger partial charge in [0.05, 0.1) is 23.3 Å². The van der Waals surface area contributed by atoms with E-state index in [9.17, 15) is 27.6 Å². The van der Waals surface area contributed by atoms with Crippen LogP contribution < -0.4 is 10.6 Å². The first-order chi connectivity index (χ1) is 22.9. The fraction of sp³-hybridized carbons (Fsp3) is 0.267. The third-order valence-electron chi connectivity index (χ3n) is 6.78. The average Bonchev–Trinajstić information content (AvgIpc) is 3.40. The second-order valence-corrected chi connectivity index (χ2v) is 10.3. The van der Waals surface area contributed by atoms with Crippen molar-refractivity contribution in [3.63, 3.8) is 0 Å². The summed E-state index contributed by atoms with van der Waals surface area (Å²) in [4.78, 5) is 43.6. The Balaban J connectivity index is 0.000000405. The molecule has 1 saturated heterocycles. The maximum absolute atomic E-state index is 13.8. The Kier molecular flexibility index (Phi) is 16.4. The highest BCUT2D eigenvalue weighted by Crippen LogP contribution is 2.32. The van der Waals surface area contributed by atoms with E-state index in [1.807, 2.05) is 4.57 Å². The lowest BCUT2D eigenvalue weighted by Gasteiger charge is -2.32. The Labute approximate surface area is 289 Å². The molecule has 1 fully saturated rings. The van der Waals surface area contributed by atoms with Crippen molar-refractivity contribution in [2.45, 2.75) is 33.2 Å². The fourth-order valence-corrected chi connectivity index (χ4v) is 4.42. The molecule has 2 N–H and O–H groups in total. The number of ether oxygens (including phenoxy) is 1. The molecule has 49 heavy (non-hydrogen) atoms. The SMILES string of the molecule is C.CCOC(=O)N1CCC(n2c(NC(=O)Nc3ccc(F)cc3)nc3cc(F)ccc32)CC1.O=C=Nc1ccc(F)cc1.[B]B([B])B([B])[B]. The number of benzene rings is 3. The van der Waals surface area contributed by atoms with Gasteiger partial charge in [0.1, 0.15) is 17.5 Å². The van der Waals surface area contributed by atoms with Crippen LogP contribution in [0.1, 0.15) is 33.2 Å². The minimum atomic E-state index is -0.593. The smallest absolute Gasteiger partial charge is 0.409 e. The third-order valence-corrected chi connectivity index (χ3v) is 6.78. The lowest BCUT2D eigenvalue weighted by molar-refractivity contribution is 0.0932. The van der Waals surface area contributed by atoms with Gasteiger partial charge >= 0.3 is 12.1 Å². The van der Waals surface area contributed by atoms with E-state index < -0.39 is 30.4 Å². The van der Waals surface area contributed by atoms with Crippen molar-refractivity contribution in [2.75, 3.05) is 30.3 Å². The Morgan fingerprint density at radius 2 is 1.47 bits per heavy atom. The van der Waals surface area contributed by atoms with Crippen LogP contribution in [-0.2, 0) is 9.53 Å². The summed E-state index contributed by atoms with van der Waals surface area (Å²) in [5.74, 6) is -0.917. The summed E-state index contributed by atoms with van der Waals surface area (Å²) in [7, 11) is 19.9. The normalized spacial score (nSPS) is 12.0. The van der Waals surface area contributed by atoms with Crippen molar-refractivity contribution in [3.8, 4) is 0 Å². The van der Waals surface area contributed by atoms with Crippen LogP contribution in [0.3, 0.4) is 0 Å². The summed E-state index contributed by atoms with van der Waals surface area (Å²) < 4.78 is 46.0. The summed E-state index contributed by atoms with van der Waals surface area (Å²) in [6, 6.07) is 14.3. The van der Waals surface area contributed by atoms with Gasteiger partial charge in [-0.25, -0.2) is 32.5 Å². The topological polar surface area (TPSA) is 118 Å². The van der Waals surface area contributed by atoms with Crippen molar-refractivity contribution < 1.29 is 32.3 Å². The zero-order valence-electron chi connectivity index (χ0n) is 26.0. The number of nitrogens with zero attached hydrogens (tertiary/aromatic N) is 4. The monoisotopic (exact) mass is 662 g/mol. The number of aliphatic imine (C=N–C) groups is 1. The van der Waals surface area contributed by atoms with Gasteiger partial charge in [0.2, 0.25) is 12.0 Å². The number of carbonyl (C=O) groups excluding carboxylic acids is 3. The van der Waals surface area contributed by atoms with Gasteiger partial charge in [-0.15, -0.1) is 0 Å². The van der Waals surface area contributed by atoms with Crippen LogP contribution in [0.25, 0.3) is 11.0 Å². The number of aromatic nitrogens is 2. The Morgan fingerprint density at radius 3 is 2.00 bits per heavy atom. The highest BCUT2D eigenvalue weighted by molar-refractivity contribution is 7.76. The van der Waals surface area contributed by atoms with Gasteiger partial charge in [-0.1, -0.05) is 7.43 Å². The highest BCUT2D eigenvalue weighted by atomic mass is 19.1. The predicted octanol–water partition coefficient (Wildman–Crippen LogP) is 4.90. The maximum atomic E-state index is 13.8. The zero-order chi connectivity index (χ0) is 35.2. The standard InChI is InChI=1S/C22H23F2N5O3.C7H4FNO.CH4.B6/c1-2-32-22(31)28-11-9-17(10-12-28)29-19-8-5-15(24)13-18(19)26-20(29)27-21(30)25-16-6-3-14(23)4-7-16;8-6-1-3-7(4-2-6)9-5-10;;1-5(2)6(3)4/h3-8,13,17H,2,9-12H2,1H3,(H2,25,26,27,30);1-4H;1H4;. The number of nitrogens with one attached hydrogen (secondary N) is 2. The first-order valence-electron chi connectivity index (χ1n) is 14.7. The highest BCUT2D eigenvalue weighted by Gasteiger charge is 2.28. The maximum Gasteiger partial charge on any atom is 0.409 e. The van der Waals surface area contributed by atoms with Gasteiger partial charge < -0.3 is 19.5 Å². The Morgan fingerprint density at radius 1 is 0.918 bits per heavy atom. The number of amides is 3. The number of rotatable bonds is 6. The number of hydrogen-bond donors (Lipinski definition) is 2. The first kappa shape index (κ1) is 40.4. The van der Waals surface area contributed by atoms with E-state index in [2.05, 4.69) is 20.6 Å². The number of hydrogen-bond acceptors (Lipinski definition) is 6. The summed E-state index contributed by atoms with van der Waals surface area (Å²) in [6.07, 6.45) is 1.07. The van der Waals surface area contributed by atoms with Crippen LogP contribution in [0, 0.1) is 17.5 Å². The number of fused-ring (bicyclic) bond motifs is 1. The Hall–Kier alpha value is -4.77. The van der Waals surface area contributed by atoms with Crippen molar-refractivity contribution in [1.29, 1.82) is 0 Å². The molecule has 10 nitrogen and oxygen atoms in total. The number of halogens is 3. The second-order valence-electron chi connectivity index (χ2n) is 10.3. The molecular weight excluding hydrogens is 630 g/mol. The molecule has 3 amide bonds. The Bertz CT molecular complexity index is 1700. The molecule has 1 aliphatic heterocycles. The zero-order valence-corrected chi connectivity index (χ0v) is 26.0. The summed E-state index contributed by atoms with van der Waals surface area (Å²) in [5.41, 5.74) is 1.92. The van der Waals surface area contributed by atoms with Gasteiger partial charge in [0.25, 0.3) is 0 Å². The minimum Gasteiger partial charge on any atom is -0.450 e. The molecule has 1 aliphatic rings. The van der Waals surface area contributed by atoms with Gasteiger partial charge in [0, 0.05) is 74.6 Å². The van der Waals surface area contributed by atoms with Crippen molar-refractivity contribution in [2.24, 2.45) is 4.99 Å². The number of likely N-dealkylation sites (tertiary alicyclic amines) is 1. The molecule has 0 aliphatic carbocycles. The van der Waals surface area contributed by atoms with E-state index in [-0.39, 0.29) is 31.3 Å². The average molecular weight is 661 g/mol. The third kappa shape index (κ3) is 12.6. The molecule has 19 heteroatoms. The van der Waals surface area contributed by atoms with Gasteiger partial charge in [-0.2, -0.15) is 4.99 Å². The summed E-state index contributed by atoms with van der Waals surface area (Å²) in [5, 5.41) is 5.34. The first-order valence-corrected chi connectivity index (χ1v) is 14.7. The molecule has 1 aromatic heterocycles. The van der Waals surface area contributed by atoms with E-state index in [1.165, 1.54) is 66.7 Å². The predicted molar refractivity (Wildman–Crippen MR) is 191 cm³/mol. The molecule has 2 heterocycles. The van der Waals surface area contributed by atoms with Crippen LogP contribution in [0.15, 0.2) is 71.7 Å². The van der Waals surface area contributed by atoms with Crippen molar-refractivity contribution in [3.05, 3.63) is 84.2 Å². The largest absolute Gasteiger partial charge is 0.450 e. The number of urea groups is 1. The van der Waals surface area contributed by atoms with Crippen LogP contribution in [0.5, 0.6) is 0 Å².